The van der Waals surface area contributed by atoms with E-state index in [-0.39, 0.29) is 17.2 Å². The number of hydrogen-bond acceptors (Lipinski definition) is 7. The summed E-state index contributed by atoms with van der Waals surface area (Å²) in [6, 6.07) is 4.21. The molecule has 1 atom stereocenters. The zero-order chi connectivity index (χ0) is 19.6. The van der Waals surface area contributed by atoms with Crippen molar-refractivity contribution in [2.75, 3.05) is 6.61 Å². The van der Waals surface area contributed by atoms with Gasteiger partial charge in [-0.05, 0) is 37.6 Å². The van der Waals surface area contributed by atoms with E-state index in [0.717, 1.165) is 24.4 Å². The third-order valence-electron chi connectivity index (χ3n) is 3.43. The molecule has 2 rings (SSSR count). The molecule has 1 N–H and O–H groups in total. The Morgan fingerprint density at radius 1 is 1.42 bits per heavy atom. The number of carbonyl (C=O) groups excluding carboxylic acids is 1. The van der Waals surface area contributed by atoms with Crippen LogP contribution in [0.15, 0.2) is 35.4 Å². The van der Waals surface area contributed by atoms with E-state index in [1.165, 1.54) is 19.9 Å². The van der Waals surface area contributed by atoms with Crippen LogP contribution < -0.4 is 0 Å². The van der Waals surface area contributed by atoms with E-state index < -0.39 is 43.3 Å². The second-order valence-corrected chi connectivity index (χ2v) is 7.44. The van der Waals surface area contributed by atoms with Crippen molar-refractivity contribution in [2.45, 2.75) is 24.8 Å². The van der Waals surface area contributed by atoms with Crippen LogP contribution in [0.3, 0.4) is 0 Å². The second-order valence-electron chi connectivity index (χ2n) is 5.23. The van der Waals surface area contributed by atoms with E-state index >= 15 is 0 Å². The fraction of sp³-hybridized carbons (Fsp3) is 0.267. The number of nitro benzene ring substituents is 1. The van der Waals surface area contributed by atoms with Gasteiger partial charge in [0.15, 0.2) is 4.90 Å². The van der Waals surface area contributed by atoms with Gasteiger partial charge in [0.1, 0.15) is 5.69 Å². The highest BCUT2D eigenvalue weighted by Crippen LogP contribution is 2.31. The average molecular weight is 403 g/mol. The lowest BCUT2D eigenvalue weighted by atomic mass is 10.2. The van der Waals surface area contributed by atoms with Crippen LogP contribution in [-0.2, 0) is 14.8 Å². The van der Waals surface area contributed by atoms with Crippen molar-refractivity contribution in [3.05, 3.63) is 56.9 Å². The second kappa shape index (κ2) is 7.44. The third kappa shape index (κ3) is 3.71. The van der Waals surface area contributed by atoms with E-state index in [4.69, 9.17) is 16.3 Å². The predicted molar refractivity (Wildman–Crippen MR) is 91.7 cm³/mol. The molecule has 1 aromatic heterocycles. The van der Waals surface area contributed by atoms with Crippen LogP contribution >= 0.6 is 11.6 Å². The minimum absolute atomic E-state index is 0.00855. The first kappa shape index (κ1) is 19.9. The molecule has 0 radical (unpaired) electrons. The average Bonchev–Trinajstić information content (AvgIpc) is 3.01. The monoisotopic (exact) mass is 402 g/mol. The number of halogens is 1. The van der Waals surface area contributed by atoms with E-state index in [2.05, 4.69) is 0 Å². The highest BCUT2D eigenvalue weighted by Gasteiger charge is 2.32. The fourth-order valence-corrected chi connectivity index (χ4v) is 3.97. The Morgan fingerprint density at radius 2 is 2.08 bits per heavy atom. The summed E-state index contributed by atoms with van der Waals surface area (Å²) in [7, 11) is -4.57. The standard InChI is InChI=1S/C15H15ClN2O7S/c1-3-25-15(20)13-6-10(9(2)19)8-17(13)26(23,24)14-7-11(16)4-5-12(14)18(21)22/h4-9,19H,3H2,1-2H3. The first-order chi connectivity index (χ1) is 12.1. The van der Waals surface area contributed by atoms with Gasteiger partial charge in [0.05, 0.1) is 17.6 Å². The first-order valence-electron chi connectivity index (χ1n) is 7.36. The van der Waals surface area contributed by atoms with Crippen LogP contribution in [0, 0.1) is 10.1 Å². The van der Waals surface area contributed by atoms with Crippen molar-refractivity contribution in [3.63, 3.8) is 0 Å². The Balaban J connectivity index is 2.76. The molecule has 0 saturated heterocycles. The van der Waals surface area contributed by atoms with Crippen molar-refractivity contribution in [3.8, 4) is 0 Å². The van der Waals surface area contributed by atoms with Crippen LogP contribution in [0.1, 0.15) is 36.0 Å². The number of benzene rings is 1. The van der Waals surface area contributed by atoms with Gasteiger partial charge in [-0.1, -0.05) is 11.6 Å². The minimum Gasteiger partial charge on any atom is -0.461 e. The van der Waals surface area contributed by atoms with Crippen LogP contribution in [0.2, 0.25) is 5.02 Å². The molecule has 140 valence electrons. The summed E-state index contributed by atoms with van der Waals surface area (Å²) in [6.45, 7) is 2.91. The molecular weight excluding hydrogens is 388 g/mol. The Hall–Kier alpha value is -2.43. The largest absolute Gasteiger partial charge is 0.461 e. The molecule has 0 amide bonds. The highest BCUT2D eigenvalue weighted by atomic mass is 35.5. The Labute approximate surface area is 154 Å². The highest BCUT2D eigenvalue weighted by molar-refractivity contribution is 7.90. The quantitative estimate of drug-likeness (QED) is 0.446. The maximum absolute atomic E-state index is 13.0. The number of esters is 1. The number of nitro groups is 1. The molecule has 0 spiro atoms. The van der Waals surface area contributed by atoms with Gasteiger partial charge in [0, 0.05) is 17.3 Å². The van der Waals surface area contributed by atoms with Crippen molar-refractivity contribution in [1.82, 2.24) is 3.97 Å². The SMILES string of the molecule is CCOC(=O)c1cc(C(C)O)cn1S(=O)(=O)c1cc(Cl)ccc1[N+](=O)[O-]. The molecule has 2 aromatic rings. The summed E-state index contributed by atoms with van der Waals surface area (Å²) in [6.07, 6.45) is -0.0642. The van der Waals surface area contributed by atoms with Gasteiger partial charge >= 0.3 is 5.97 Å². The topological polar surface area (TPSA) is 129 Å². The summed E-state index contributed by atoms with van der Waals surface area (Å²) in [5.41, 5.74) is -0.963. The summed E-state index contributed by atoms with van der Waals surface area (Å²) >= 11 is 5.79. The molecule has 0 bridgehead atoms. The molecule has 11 heteroatoms. The maximum atomic E-state index is 13.0. The number of rotatable bonds is 6. The molecule has 1 heterocycles. The van der Waals surface area contributed by atoms with Gasteiger partial charge in [-0.15, -0.1) is 0 Å². The van der Waals surface area contributed by atoms with Crippen LogP contribution in [0.25, 0.3) is 0 Å². The number of aromatic nitrogens is 1. The smallest absolute Gasteiger partial charge is 0.356 e. The number of nitrogens with zero attached hydrogens (tertiary/aromatic N) is 2. The number of ether oxygens (including phenoxy) is 1. The van der Waals surface area contributed by atoms with Gasteiger partial charge in [0.2, 0.25) is 0 Å². The molecule has 0 aliphatic heterocycles. The summed E-state index contributed by atoms with van der Waals surface area (Å²) in [4.78, 5) is 21.8. The number of hydrogen-bond donors (Lipinski definition) is 1. The number of aliphatic hydroxyl groups excluding tert-OH is 1. The Bertz CT molecular complexity index is 966. The summed E-state index contributed by atoms with van der Waals surface area (Å²) in [5.74, 6) is -0.951. The molecule has 0 fully saturated rings. The molecule has 0 saturated carbocycles. The Morgan fingerprint density at radius 3 is 2.62 bits per heavy atom. The fourth-order valence-electron chi connectivity index (χ4n) is 2.20. The molecular formula is C15H15ClN2O7S. The molecule has 1 unspecified atom stereocenters. The van der Waals surface area contributed by atoms with Crippen molar-refractivity contribution >= 4 is 33.3 Å². The number of carbonyl (C=O) groups is 1. The van der Waals surface area contributed by atoms with Gasteiger partial charge in [-0.2, -0.15) is 0 Å². The van der Waals surface area contributed by atoms with Crippen molar-refractivity contribution in [1.29, 1.82) is 0 Å². The normalized spacial score (nSPS) is 12.6. The molecule has 0 aliphatic carbocycles. The zero-order valence-corrected chi connectivity index (χ0v) is 15.3. The maximum Gasteiger partial charge on any atom is 0.356 e. The van der Waals surface area contributed by atoms with Gasteiger partial charge in [-0.25, -0.2) is 17.2 Å². The lowest BCUT2D eigenvalue weighted by Crippen LogP contribution is -2.20. The lowest BCUT2D eigenvalue weighted by Gasteiger charge is -2.10. The molecule has 26 heavy (non-hydrogen) atoms. The minimum atomic E-state index is -4.57. The lowest BCUT2D eigenvalue weighted by molar-refractivity contribution is -0.387. The van der Waals surface area contributed by atoms with E-state index in [0.29, 0.717) is 3.97 Å². The van der Waals surface area contributed by atoms with Crippen LogP contribution in [-0.4, -0.2) is 35.0 Å². The molecule has 1 aromatic carbocycles. The third-order valence-corrected chi connectivity index (χ3v) is 5.37. The van der Waals surface area contributed by atoms with Gasteiger partial charge in [0.25, 0.3) is 15.7 Å². The van der Waals surface area contributed by atoms with E-state index in [1.807, 2.05) is 0 Å². The van der Waals surface area contributed by atoms with Gasteiger partial charge < -0.3 is 9.84 Å². The molecule has 0 aliphatic rings. The zero-order valence-electron chi connectivity index (χ0n) is 13.7. The van der Waals surface area contributed by atoms with Gasteiger partial charge in [-0.3, -0.25) is 10.1 Å². The Kier molecular flexibility index (Phi) is 5.69. The predicted octanol–water partition coefficient (Wildman–Crippen LogP) is 2.52. The van der Waals surface area contributed by atoms with E-state index in [1.54, 1.807) is 0 Å². The summed E-state index contributed by atoms with van der Waals surface area (Å²) in [5, 5.41) is 20.9. The van der Waals surface area contributed by atoms with Crippen molar-refractivity contribution < 1.29 is 28.0 Å². The van der Waals surface area contributed by atoms with Crippen LogP contribution in [0.4, 0.5) is 5.69 Å². The molecule has 9 nitrogen and oxygen atoms in total. The summed E-state index contributed by atoms with van der Waals surface area (Å²) < 4.78 is 31.4. The van der Waals surface area contributed by atoms with E-state index in [9.17, 15) is 28.4 Å². The first-order valence-corrected chi connectivity index (χ1v) is 9.18. The van der Waals surface area contributed by atoms with Crippen LogP contribution in [0.5, 0.6) is 0 Å². The number of aliphatic hydroxyl groups is 1. The van der Waals surface area contributed by atoms with Crippen molar-refractivity contribution in [2.24, 2.45) is 0 Å².